The number of halogens is 3. The van der Waals surface area contributed by atoms with Gasteiger partial charge in [-0.05, 0) is 30.0 Å². The monoisotopic (exact) mass is 378 g/mol. The summed E-state index contributed by atoms with van der Waals surface area (Å²) in [6.45, 7) is 5.53. The van der Waals surface area contributed by atoms with Crippen LogP contribution < -0.4 is 5.32 Å². The second-order valence-electron chi connectivity index (χ2n) is 5.33. The summed E-state index contributed by atoms with van der Waals surface area (Å²) in [5.74, 6) is -0.765. The Balaban J connectivity index is 0.00000132. The largest absolute Gasteiger partial charge is 0.505 e. The Kier molecular flexibility index (Phi) is 7.77. The minimum atomic E-state index is -0.549. The highest BCUT2D eigenvalue weighted by molar-refractivity contribution is 7.10. The lowest BCUT2D eigenvalue weighted by molar-refractivity contribution is 0.197. The van der Waals surface area contributed by atoms with Crippen molar-refractivity contribution in [2.75, 3.05) is 26.2 Å². The van der Waals surface area contributed by atoms with Crippen LogP contribution in [0, 0.1) is 12.7 Å². The summed E-state index contributed by atoms with van der Waals surface area (Å²) < 4.78 is 13.9. The lowest BCUT2D eigenvalue weighted by atomic mass is 9.96. The van der Waals surface area contributed by atoms with Crippen LogP contribution in [0.3, 0.4) is 0 Å². The zero-order valence-corrected chi connectivity index (χ0v) is 15.2. The molecule has 1 aromatic carbocycles. The average Bonchev–Trinajstić information content (AvgIpc) is 3.02. The van der Waals surface area contributed by atoms with Crippen molar-refractivity contribution in [1.82, 2.24) is 10.2 Å². The number of rotatable bonds is 3. The van der Waals surface area contributed by atoms with Gasteiger partial charge in [-0.25, -0.2) is 4.39 Å². The van der Waals surface area contributed by atoms with Crippen molar-refractivity contribution in [3.8, 4) is 5.75 Å². The van der Waals surface area contributed by atoms with E-state index in [1.807, 2.05) is 18.4 Å². The van der Waals surface area contributed by atoms with Crippen molar-refractivity contribution in [2.24, 2.45) is 0 Å². The van der Waals surface area contributed by atoms with Crippen LogP contribution in [0.2, 0.25) is 0 Å². The molecule has 1 aliphatic rings. The number of nitrogens with zero attached hydrogens (tertiary/aromatic N) is 1. The van der Waals surface area contributed by atoms with Crippen molar-refractivity contribution in [2.45, 2.75) is 13.0 Å². The number of hydrogen-bond donors (Lipinski definition) is 2. The molecule has 2 N–H and O–H groups in total. The molecule has 23 heavy (non-hydrogen) atoms. The van der Waals surface area contributed by atoms with Gasteiger partial charge in [-0.15, -0.1) is 36.2 Å². The molecule has 2 heterocycles. The second-order valence-corrected chi connectivity index (χ2v) is 6.31. The molecular formula is C16H21Cl2FN2OS. The molecule has 3 rings (SSSR count). The van der Waals surface area contributed by atoms with Gasteiger partial charge in [-0.3, -0.25) is 4.90 Å². The van der Waals surface area contributed by atoms with E-state index < -0.39 is 5.82 Å². The first-order valence-electron chi connectivity index (χ1n) is 7.14. The van der Waals surface area contributed by atoms with Crippen molar-refractivity contribution >= 4 is 36.2 Å². The fourth-order valence-electron chi connectivity index (χ4n) is 2.92. The SMILES string of the molecule is Cc1ccc(F)c(O)c1[C@@H](c1cccs1)N1CCNCC1.Cl.Cl. The molecule has 7 heteroatoms. The van der Waals surface area contributed by atoms with Gasteiger partial charge in [0.15, 0.2) is 11.6 Å². The first-order chi connectivity index (χ1) is 10.2. The Labute approximate surface area is 152 Å². The lowest BCUT2D eigenvalue weighted by Gasteiger charge is -2.35. The van der Waals surface area contributed by atoms with E-state index in [-0.39, 0.29) is 36.6 Å². The van der Waals surface area contributed by atoms with Crippen LogP contribution in [0.1, 0.15) is 22.0 Å². The average molecular weight is 379 g/mol. The number of aryl methyl sites for hydroxylation is 1. The van der Waals surface area contributed by atoms with Gasteiger partial charge in [0, 0.05) is 36.6 Å². The summed E-state index contributed by atoms with van der Waals surface area (Å²) >= 11 is 1.65. The minimum Gasteiger partial charge on any atom is -0.505 e. The molecular weight excluding hydrogens is 358 g/mol. The number of hydrogen-bond acceptors (Lipinski definition) is 4. The van der Waals surface area contributed by atoms with Gasteiger partial charge in [0.05, 0.1) is 6.04 Å². The first-order valence-corrected chi connectivity index (χ1v) is 8.02. The van der Waals surface area contributed by atoms with E-state index in [0.717, 1.165) is 36.6 Å². The smallest absolute Gasteiger partial charge is 0.165 e. The van der Waals surface area contributed by atoms with E-state index in [0.29, 0.717) is 5.56 Å². The van der Waals surface area contributed by atoms with Crippen LogP contribution in [0.4, 0.5) is 4.39 Å². The normalized spacial score (nSPS) is 16.3. The number of piperazine rings is 1. The Morgan fingerprint density at radius 3 is 2.52 bits per heavy atom. The first kappa shape index (κ1) is 20.2. The summed E-state index contributed by atoms with van der Waals surface area (Å²) in [7, 11) is 0. The molecule has 0 bridgehead atoms. The fraction of sp³-hybridized carbons (Fsp3) is 0.375. The Morgan fingerprint density at radius 1 is 1.22 bits per heavy atom. The standard InChI is InChI=1S/C16H19FN2OS.2ClH/c1-11-4-5-12(17)16(20)14(11)15(13-3-2-10-21-13)19-8-6-18-7-9-19;;/h2-5,10,15,18,20H,6-9H2,1H3;2*1H/t15-;;/m1../s1. The zero-order chi connectivity index (χ0) is 14.8. The number of phenols is 1. The predicted molar refractivity (Wildman–Crippen MR) is 97.9 cm³/mol. The van der Waals surface area contributed by atoms with Crippen molar-refractivity contribution in [3.05, 3.63) is 51.5 Å². The molecule has 0 aliphatic carbocycles. The van der Waals surface area contributed by atoms with Crippen LogP contribution in [0.5, 0.6) is 5.75 Å². The Hall–Kier alpha value is -0.850. The number of benzene rings is 1. The molecule has 0 unspecified atom stereocenters. The van der Waals surface area contributed by atoms with E-state index in [1.54, 1.807) is 17.4 Å². The van der Waals surface area contributed by atoms with Gasteiger partial charge in [0.1, 0.15) is 0 Å². The summed E-state index contributed by atoms with van der Waals surface area (Å²) in [6, 6.07) is 7.05. The Bertz CT molecular complexity index is 619. The highest BCUT2D eigenvalue weighted by Gasteiger charge is 2.29. The topological polar surface area (TPSA) is 35.5 Å². The maximum Gasteiger partial charge on any atom is 0.165 e. The van der Waals surface area contributed by atoms with E-state index in [4.69, 9.17) is 0 Å². The fourth-order valence-corrected chi connectivity index (χ4v) is 3.79. The third-order valence-corrected chi connectivity index (χ3v) is 4.91. The second kappa shape index (κ2) is 8.85. The van der Waals surface area contributed by atoms with E-state index in [2.05, 4.69) is 16.3 Å². The molecule has 1 aliphatic heterocycles. The van der Waals surface area contributed by atoms with Gasteiger partial charge in [0.2, 0.25) is 0 Å². The molecule has 1 atom stereocenters. The molecule has 0 radical (unpaired) electrons. The van der Waals surface area contributed by atoms with E-state index in [9.17, 15) is 9.50 Å². The summed E-state index contributed by atoms with van der Waals surface area (Å²) in [5, 5.41) is 15.6. The molecule has 3 nitrogen and oxygen atoms in total. The van der Waals surface area contributed by atoms with Crippen LogP contribution in [-0.4, -0.2) is 36.2 Å². The predicted octanol–water partition coefficient (Wildman–Crippen LogP) is 3.74. The zero-order valence-electron chi connectivity index (χ0n) is 12.8. The number of thiophene rings is 1. The van der Waals surface area contributed by atoms with Gasteiger partial charge in [-0.2, -0.15) is 0 Å². The quantitative estimate of drug-likeness (QED) is 0.853. The third kappa shape index (κ3) is 4.17. The number of aromatic hydroxyl groups is 1. The highest BCUT2D eigenvalue weighted by Crippen LogP contribution is 2.39. The van der Waals surface area contributed by atoms with Gasteiger partial charge in [-0.1, -0.05) is 12.1 Å². The molecule has 1 fully saturated rings. The number of nitrogens with one attached hydrogen (secondary N) is 1. The van der Waals surface area contributed by atoms with Gasteiger partial charge >= 0.3 is 0 Å². The molecule has 1 aromatic heterocycles. The van der Waals surface area contributed by atoms with Crippen molar-refractivity contribution in [1.29, 1.82) is 0 Å². The van der Waals surface area contributed by atoms with E-state index >= 15 is 0 Å². The van der Waals surface area contributed by atoms with Crippen molar-refractivity contribution < 1.29 is 9.50 Å². The third-order valence-electron chi connectivity index (χ3n) is 3.99. The molecule has 128 valence electrons. The lowest BCUT2D eigenvalue weighted by Crippen LogP contribution is -2.45. The van der Waals surface area contributed by atoms with Crippen LogP contribution >= 0.6 is 36.2 Å². The molecule has 0 amide bonds. The van der Waals surface area contributed by atoms with Gasteiger partial charge in [0.25, 0.3) is 0 Å². The molecule has 0 saturated carbocycles. The maximum atomic E-state index is 13.9. The van der Waals surface area contributed by atoms with Crippen LogP contribution in [0.15, 0.2) is 29.6 Å². The molecule has 0 spiro atoms. The maximum absolute atomic E-state index is 13.9. The summed E-state index contributed by atoms with van der Waals surface area (Å²) in [4.78, 5) is 3.45. The molecule has 2 aromatic rings. The summed E-state index contributed by atoms with van der Waals surface area (Å²) in [6.07, 6.45) is 0. The highest BCUT2D eigenvalue weighted by atomic mass is 35.5. The number of phenolic OH excluding ortho intramolecular Hbond substituents is 1. The Morgan fingerprint density at radius 2 is 1.91 bits per heavy atom. The van der Waals surface area contributed by atoms with E-state index in [1.165, 1.54) is 6.07 Å². The molecule has 1 saturated heterocycles. The summed E-state index contributed by atoms with van der Waals surface area (Å²) in [5.41, 5.74) is 1.62. The van der Waals surface area contributed by atoms with Crippen LogP contribution in [-0.2, 0) is 0 Å². The minimum absolute atomic E-state index is 0. The van der Waals surface area contributed by atoms with Crippen molar-refractivity contribution in [3.63, 3.8) is 0 Å². The van der Waals surface area contributed by atoms with Crippen LogP contribution in [0.25, 0.3) is 0 Å². The van der Waals surface area contributed by atoms with Gasteiger partial charge < -0.3 is 10.4 Å².